The average molecular weight is 259 g/mol. The average Bonchev–Trinajstić information content (AvgIpc) is 2.92. The lowest BCUT2D eigenvalue weighted by Crippen LogP contribution is -2.27. The summed E-state index contributed by atoms with van der Waals surface area (Å²) in [7, 11) is 1.55. The lowest BCUT2D eigenvalue weighted by Gasteiger charge is -2.09. The van der Waals surface area contributed by atoms with Crippen LogP contribution in [0.1, 0.15) is 10.4 Å². The molecule has 5 heteroatoms. The van der Waals surface area contributed by atoms with Gasteiger partial charge in [-0.05, 0) is 30.3 Å². The van der Waals surface area contributed by atoms with Crippen LogP contribution in [0.5, 0.6) is 5.75 Å². The quantitative estimate of drug-likeness (QED) is 0.800. The van der Waals surface area contributed by atoms with E-state index in [1.54, 1.807) is 25.3 Å². The molecule has 100 valence electrons. The molecule has 2 aromatic rings. The minimum Gasteiger partial charge on any atom is -0.497 e. The number of nitrogens with zero attached hydrogens (tertiary/aromatic N) is 1. The monoisotopic (exact) mass is 259 g/mol. The van der Waals surface area contributed by atoms with Gasteiger partial charge in [0.05, 0.1) is 12.7 Å². The molecule has 1 heterocycles. The molecule has 0 aliphatic rings. The third-order valence-corrected chi connectivity index (χ3v) is 2.83. The summed E-state index contributed by atoms with van der Waals surface area (Å²) in [5.74, 6) is 0.424. The number of hydrogen-bond acceptors (Lipinski definition) is 3. The summed E-state index contributed by atoms with van der Waals surface area (Å²) in [6.45, 7) is 1.27. The summed E-state index contributed by atoms with van der Waals surface area (Å²) in [5, 5.41) is 2.83. The predicted molar refractivity (Wildman–Crippen MR) is 74.2 cm³/mol. The van der Waals surface area contributed by atoms with Crippen LogP contribution < -0.4 is 15.8 Å². The summed E-state index contributed by atoms with van der Waals surface area (Å²) in [6, 6.07) is 8.93. The molecule has 0 fully saturated rings. The number of hydrogen-bond donors (Lipinski definition) is 2. The van der Waals surface area contributed by atoms with Crippen LogP contribution in [0.4, 0.5) is 5.69 Å². The van der Waals surface area contributed by atoms with Gasteiger partial charge in [0.25, 0.3) is 5.91 Å². The van der Waals surface area contributed by atoms with Crippen LogP contribution in [0.3, 0.4) is 0 Å². The second-order valence-corrected chi connectivity index (χ2v) is 4.13. The van der Waals surface area contributed by atoms with Crippen LogP contribution in [0.2, 0.25) is 0 Å². The van der Waals surface area contributed by atoms with Gasteiger partial charge in [0, 0.05) is 31.2 Å². The fraction of sp³-hybridized carbons (Fsp3) is 0.214. The van der Waals surface area contributed by atoms with E-state index in [1.807, 2.05) is 29.1 Å². The number of anilines is 1. The maximum atomic E-state index is 12.0. The number of carbonyl (C=O) groups excluding carboxylic acids is 1. The maximum Gasteiger partial charge on any atom is 0.253 e. The number of nitrogen functional groups attached to an aromatic ring is 1. The first kappa shape index (κ1) is 13.0. The smallest absolute Gasteiger partial charge is 0.253 e. The molecule has 5 nitrogen and oxygen atoms in total. The minimum atomic E-state index is -0.191. The Morgan fingerprint density at radius 3 is 2.79 bits per heavy atom. The van der Waals surface area contributed by atoms with Crippen molar-refractivity contribution in [1.82, 2.24) is 9.88 Å². The molecule has 0 saturated heterocycles. The molecule has 19 heavy (non-hydrogen) atoms. The van der Waals surface area contributed by atoms with E-state index in [-0.39, 0.29) is 5.91 Å². The molecule has 0 aliphatic carbocycles. The Bertz CT molecular complexity index is 550. The number of benzene rings is 1. The summed E-state index contributed by atoms with van der Waals surface area (Å²) in [5.41, 5.74) is 6.67. The minimum absolute atomic E-state index is 0.191. The number of aromatic nitrogens is 1. The molecule has 2 rings (SSSR count). The van der Waals surface area contributed by atoms with Crippen LogP contribution in [0.15, 0.2) is 42.7 Å². The Balaban J connectivity index is 1.95. The fourth-order valence-corrected chi connectivity index (χ4v) is 1.77. The van der Waals surface area contributed by atoms with Crippen molar-refractivity contribution in [2.45, 2.75) is 6.54 Å². The fourth-order valence-electron chi connectivity index (χ4n) is 1.77. The number of methoxy groups -OCH3 is 1. The lowest BCUT2D eigenvalue weighted by molar-refractivity contribution is 0.0953. The van der Waals surface area contributed by atoms with E-state index in [1.165, 1.54) is 0 Å². The second-order valence-electron chi connectivity index (χ2n) is 4.13. The topological polar surface area (TPSA) is 69.3 Å². The van der Waals surface area contributed by atoms with E-state index in [0.29, 0.717) is 23.5 Å². The number of amides is 1. The third-order valence-electron chi connectivity index (χ3n) is 2.83. The number of nitrogens with two attached hydrogens (primary N) is 1. The molecule has 0 unspecified atom stereocenters. The van der Waals surface area contributed by atoms with Crippen LogP contribution in [-0.4, -0.2) is 24.1 Å². The first-order valence-corrected chi connectivity index (χ1v) is 6.03. The van der Waals surface area contributed by atoms with Gasteiger partial charge in [-0.2, -0.15) is 0 Å². The molecular formula is C14H17N3O2. The van der Waals surface area contributed by atoms with Gasteiger partial charge in [-0.3, -0.25) is 4.79 Å². The first-order valence-electron chi connectivity index (χ1n) is 6.03. The molecule has 0 spiro atoms. The van der Waals surface area contributed by atoms with Crippen LogP contribution in [0.25, 0.3) is 0 Å². The van der Waals surface area contributed by atoms with Crippen molar-refractivity contribution in [3.63, 3.8) is 0 Å². The molecule has 1 amide bonds. The Kier molecular flexibility index (Phi) is 4.07. The standard InChI is InChI=1S/C14H17N3O2/c1-19-11-4-5-13(15)12(10-11)14(18)16-6-9-17-7-2-3-8-17/h2-5,7-8,10H,6,9,15H2,1H3,(H,16,18). The lowest BCUT2D eigenvalue weighted by atomic mass is 10.1. The predicted octanol–water partition coefficient (Wildman–Crippen LogP) is 1.51. The Labute approximate surface area is 112 Å². The molecule has 0 saturated carbocycles. The van der Waals surface area contributed by atoms with Crippen molar-refractivity contribution in [2.24, 2.45) is 0 Å². The SMILES string of the molecule is COc1ccc(N)c(C(=O)NCCn2cccc2)c1. The molecule has 1 aromatic heterocycles. The second kappa shape index (κ2) is 5.95. The van der Waals surface area contributed by atoms with E-state index < -0.39 is 0 Å². The first-order chi connectivity index (χ1) is 9.20. The summed E-state index contributed by atoms with van der Waals surface area (Å²) in [4.78, 5) is 12.0. The van der Waals surface area contributed by atoms with E-state index in [0.717, 1.165) is 6.54 Å². The van der Waals surface area contributed by atoms with Gasteiger partial charge >= 0.3 is 0 Å². The molecular weight excluding hydrogens is 242 g/mol. The van der Waals surface area contributed by atoms with Crippen molar-refractivity contribution in [3.05, 3.63) is 48.3 Å². The third kappa shape index (κ3) is 3.28. The van der Waals surface area contributed by atoms with Crippen molar-refractivity contribution in [3.8, 4) is 5.75 Å². The van der Waals surface area contributed by atoms with Crippen molar-refractivity contribution in [1.29, 1.82) is 0 Å². The van der Waals surface area contributed by atoms with Gasteiger partial charge in [-0.25, -0.2) is 0 Å². The zero-order valence-corrected chi connectivity index (χ0v) is 10.8. The molecule has 1 aromatic carbocycles. The summed E-state index contributed by atoms with van der Waals surface area (Å²) >= 11 is 0. The van der Waals surface area contributed by atoms with Crippen LogP contribution in [-0.2, 0) is 6.54 Å². The zero-order chi connectivity index (χ0) is 13.7. The molecule has 0 radical (unpaired) electrons. The number of rotatable bonds is 5. The highest BCUT2D eigenvalue weighted by Gasteiger charge is 2.10. The van der Waals surface area contributed by atoms with Crippen LogP contribution >= 0.6 is 0 Å². The van der Waals surface area contributed by atoms with Gasteiger partial charge in [0.1, 0.15) is 5.75 Å². The van der Waals surface area contributed by atoms with Crippen molar-refractivity contribution in [2.75, 3.05) is 19.4 Å². The van der Waals surface area contributed by atoms with Gasteiger partial charge in [0.15, 0.2) is 0 Å². The largest absolute Gasteiger partial charge is 0.497 e. The van der Waals surface area contributed by atoms with E-state index in [9.17, 15) is 4.79 Å². The highest BCUT2D eigenvalue weighted by atomic mass is 16.5. The number of ether oxygens (including phenoxy) is 1. The van der Waals surface area contributed by atoms with E-state index >= 15 is 0 Å². The van der Waals surface area contributed by atoms with Gasteiger partial charge in [-0.1, -0.05) is 0 Å². The van der Waals surface area contributed by atoms with Gasteiger partial charge < -0.3 is 20.4 Å². The normalized spacial score (nSPS) is 10.2. The Hall–Kier alpha value is -2.43. The highest BCUT2D eigenvalue weighted by Crippen LogP contribution is 2.19. The number of carbonyl (C=O) groups is 1. The van der Waals surface area contributed by atoms with E-state index in [2.05, 4.69) is 5.32 Å². The highest BCUT2D eigenvalue weighted by molar-refractivity contribution is 5.99. The molecule has 0 bridgehead atoms. The maximum absolute atomic E-state index is 12.0. The van der Waals surface area contributed by atoms with Crippen LogP contribution in [0, 0.1) is 0 Å². The molecule has 0 aliphatic heterocycles. The number of nitrogens with one attached hydrogen (secondary N) is 1. The van der Waals surface area contributed by atoms with Crippen molar-refractivity contribution < 1.29 is 9.53 Å². The molecule has 3 N–H and O–H groups in total. The molecule has 0 atom stereocenters. The van der Waals surface area contributed by atoms with E-state index in [4.69, 9.17) is 10.5 Å². The summed E-state index contributed by atoms with van der Waals surface area (Å²) in [6.07, 6.45) is 3.90. The van der Waals surface area contributed by atoms with Gasteiger partial charge in [-0.15, -0.1) is 0 Å². The zero-order valence-electron chi connectivity index (χ0n) is 10.8. The Morgan fingerprint density at radius 1 is 1.37 bits per heavy atom. The van der Waals surface area contributed by atoms with Crippen molar-refractivity contribution >= 4 is 11.6 Å². The van der Waals surface area contributed by atoms with Gasteiger partial charge in [0.2, 0.25) is 0 Å². The summed E-state index contributed by atoms with van der Waals surface area (Å²) < 4.78 is 7.08. The Morgan fingerprint density at radius 2 is 2.11 bits per heavy atom.